The van der Waals surface area contributed by atoms with Crippen LogP contribution in [0.3, 0.4) is 0 Å². The highest BCUT2D eigenvalue weighted by Crippen LogP contribution is 2.22. The molecule has 0 unspecified atom stereocenters. The van der Waals surface area contributed by atoms with E-state index in [9.17, 15) is 13.6 Å². The van der Waals surface area contributed by atoms with Gasteiger partial charge in [0.2, 0.25) is 0 Å². The van der Waals surface area contributed by atoms with Gasteiger partial charge in [-0.2, -0.15) is 0 Å². The SMILES string of the molecule is CCC(CC)N(CCOC)C(=O)c1c(F)cc(Br)cc1F. The Kier molecular flexibility index (Phi) is 7.25. The minimum atomic E-state index is -0.861. The molecule has 0 fully saturated rings. The second kappa shape index (κ2) is 8.44. The van der Waals surface area contributed by atoms with Gasteiger partial charge in [0.25, 0.3) is 5.91 Å². The van der Waals surface area contributed by atoms with Crippen molar-refractivity contribution in [2.24, 2.45) is 0 Å². The zero-order valence-corrected chi connectivity index (χ0v) is 14.0. The number of hydrogen-bond donors (Lipinski definition) is 0. The van der Waals surface area contributed by atoms with E-state index in [1.807, 2.05) is 13.8 Å². The molecular weight excluding hydrogens is 344 g/mol. The molecule has 1 aromatic rings. The van der Waals surface area contributed by atoms with Crippen molar-refractivity contribution in [2.45, 2.75) is 32.7 Å². The first-order chi connectivity index (χ1) is 9.96. The number of benzene rings is 1. The summed E-state index contributed by atoms with van der Waals surface area (Å²) in [6, 6.07) is 2.12. The van der Waals surface area contributed by atoms with Gasteiger partial charge in [-0.25, -0.2) is 8.78 Å². The summed E-state index contributed by atoms with van der Waals surface area (Å²) in [7, 11) is 1.52. The third-order valence-electron chi connectivity index (χ3n) is 3.40. The monoisotopic (exact) mass is 363 g/mol. The van der Waals surface area contributed by atoms with Crippen LogP contribution < -0.4 is 0 Å². The third kappa shape index (κ3) is 4.48. The average molecular weight is 364 g/mol. The normalized spacial score (nSPS) is 11.0. The molecular formula is C15H20BrF2NO2. The van der Waals surface area contributed by atoms with Gasteiger partial charge >= 0.3 is 0 Å². The van der Waals surface area contributed by atoms with Crippen LogP contribution in [0.25, 0.3) is 0 Å². The number of hydrogen-bond acceptors (Lipinski definition) is 2. The number of nitrogens with zero attached hydrogens (tertiary/aromatic N) is 1. The largest absolute Gasteiger partial charge is 0.383 e. The lowest BCUT2D eigenvalue weighted by molar-refractivity contribution is 0.0580. The van der Waals surface area contributed by atoms with Crippen LogP contribution in [-0.2, 0) is 4.74 Å². The molecule has 21 heavy (non-hydrogen) atoms. The number of ether oxygens (including phenoxy) is 1. The summed E-state index contributed by atoms with van der Waals surface area (Å²) in [5, 5.41) is 0. The van der Waals surface area contributed by atoms with E-state index >= 15 is 0 Å². The zero-order valence-electron chi connectivity index (χ0n) is 12.5. The molecule has 0 aliphatic carbocycles. The van der Waals surface area contributed by atoms with Crippen LogP contribution in [0.5, 0.6) is 0 Å². The van der Waals surface area contributed by atoms with Gasteiger partial charge in [0.05, 0.1) is 6.61 Å². The van der Waals surface area contributed by atoms with Crippen molar-refractivity contribution >= 4 is 21.8 Å². The van der Waals surface area contributed by atoms with E-state index in [-0.39, 0.29) is 10.5 Å². The zero-order chi connectivity index (χ0) is 16.0. The van der Waals surface area contributed by atoms with E-state index in [2.05, 4.69) is 15.9 Å². The summed E-state index contributed by atoms with van der Waals surface area (Å²) in [6.45, 7) is 4.50. The molecule has 0 bridgehead atoms. The Hall–Kier alpha value is -1.01. The van der Waals surface area contributed by atoms with E-state index in [4.69, 9.17) is 4.74 Å². The van der Waals surface area contributed by atoms with Gasteiger partial charge in [0.15, 0.2) is 0 Å². The number of halogens is 3. The highest BCUT2D eigenvalue weighted by Gasteiger charge is 2.27. The lowest BCUT2D eigenvalue weighted by atomic mass is 10.1. The smallest absolute Gasteiger partial charge is 0.260 e. The molecule has 1 amide bonds. The van der Waals surface area contributed by atoms with Crippen molar-refractivity contribution < 1.29 is 18.3 Å². The van der Waals surface area contributed by atoms with Crippen molar-refractivity contribution in [3.8, 4) is 0 Å². The quantitative estimate of drug-likeness (QED) is 0.732. The highest BCUT2D eigenvalue weighted by atomic mass is 79.9. The average Bonchev–Trinajstić information content (AvgIpc) is 2.42. The summed E-state index contributed by atoms with van der Waals surface area (Å²) in [6.07, 6.45) is 1.43. The first kappa shape index (κ1) is 18.0. The van der Waals surface area contributed by atoms with Gasteiger partial charge in [-0.15, -0.1) is 0 Å². The maximum atomic E-state index is 14.0. The van der Waals surface area contributed by atoms with Crippen LogP contribution in [-0.4, -0.2) is 37.1 Å². The van der Waals surface area contributed by atoms with Gasteiger partial charge in [-0.05, 0) is 25.0 Å². The minimum Gasteiger partial charge on any atom is -0.383 e. The molecule has 0 aliphatic heterocycles. The molecule has 0 aliphatic rings. The molecule has 6 heteroatoms. The Balaban J connectivity index is 3.16. The molecule has 3 nitrogen and oxygen atoms in total. The van der Waals surface area contributed by atoms with Gasteiger partial charge in [0.1, 0.15) is 17.2 Å². The highest BCUT2D eigenvalue weighted by molar-refractivity contribution is 9.10. The topological polar surface area (TPSA) is 29.5 Å². The molecule has 0 saturated heterocycles. The Morgan fingerprint density at radius 1 is 1.29 bits per heavy atom. The van der Waals surface area contributed by atoms with Gasteiger partial charge in [-0.1, -0.05) is 29.8 Å². The minimum absolute atomic E-state index is 0.0740. The Labute approximate surface area is 132 Å². The molecule has 1 rings (SSSR count). The van der Waals surface area contributed by atoms with Crippen LogP contribution in [0.1, 0.15) is 37.0 Å². The van der Waals surface area contributed by atoms with Crippen molar-refractivity contribution in [2.75, 3.05) is 20.3 Å². The third-order valence-corrected chi connectivity index (χ3v) is 3.86. The Bertz CT molecular complexity index is 470. The number of carbonyl (C=O) groups is 1. The predicted octanol–water partition coefficient (Wildman–Crippen LogP) is 4.00. The molecule has 118 valence electrons. The Morgan fingerprint density at radius 2 is 1.81 bits per heavy atom. The Morgan fingerprint density at radius 3 is 2.24 bits per heavy atom. The van der Waals surface area contributed by atoms with E-state index in [0.29, 0.717) is 26.0 Å². The van der Waals surface area contributed by atoms with Gasteiger partial charge in [-0.3, -0.25) is 4.79 Å². The van der Waals surface area contributed by atoms with Crippen LogP contribution in [0.4, 0.5) is 8.78 Å². The molecule has 0 N–H and O–H groups in total. The summed E-state index contributed by atoms with van der Waals surface area (Å²) >= 11 is 3.01. The maximum absolute atomic E-state index is 14.0. The fourth-order valence-corrected chi connectivity index (χ4v) is 2.66. The number of carbonyl (C=O) groups excluding carboxylic acids is 1. The second-order valence-electron chi connectivity index (χ2n) is 4.71. The molecule has 0 radical (unpaired) electrons. The van der Waals surface area contributed by atoms with Crippen LogP contribution in [0.15, 0.2) is 16.6 Å². The standard InChI is InChI=1S/C15H20BrF2NO2/c1-4-11(5-2)19(6-7-21-3)15(20)14-12(17)8-10(16)9-13(14)18/h8-9,11H,4-7H2,1-3H3. The molecule has 0 spiro atoms. The molecule has 0 saturated carbocycles. The van der Waals surface area contributed by atoms with Gasteiger partial charge in [0, 0.05) is 24.2 Å². The van der Waals surface area contributed by atoms with Crippen molar-refractivity contribution in [1.82, 2.24) is 4.90 Å². The lowest BCUT2D eigenvalue weighted by Gasteiger charge is -2.30. The van der Waals surface area contributed by atoms with Gasteiger partial charge < -0.3 is 9.64 Å². The van der Waals surface area contributed by atoms with Crippen molar-refractivity contribution in [1.29, 1.82) is 0 Å². The number of methoxy groups -OCH3 is 1. The van der Waals surface area contributed by atoms with Crippen molar-refractivity contribution in [3.05, 3.63) is 33.8 Å². The summed E-state index contributed by atoms with van der Waals surface area (Å²) < 4.78 is 33.2. The number of amides is 1. The lowest BCUT2D eigenvalue weighted by Crippen LogP contribution is -2.42. The summed E-state index contributed by atoms with van der Waals surface area (Å²) in [5.41, 5.74) is -0.513. The maximum Gasteiger partial charge on any atom is 0.260 e. The second-order valence-corrected chi connectivity index (χ2v) is 5.62. The number of rotatable bonds is 7. The van der Waals surface area contributed by atoms with E-state index in [0.717, 1.165) is 12.1 Å². The predicted molar refractivity (Wildman–Crippen MR) is 81.3 cm³/mol. The molecule has 0 atom stereocenters. The van der Waals surface area contributed by atoms with E-state index in [1.165, 1.54) is 12.0 Å². The summed E-state index contributed by atoms with van der Waals surface area (Å²) in [5.74, 6) is -2.36. The molecule has 1 aromatic carbocycles. The van der Waals surface area contributed by atoms with E-state index in [1.54, 1.807) is 0 Å². The van der Waals surface area contributed by atoms with Crippen LogP contribution in [0, 0.1) is 11.6 Å². The van der Waals surface area contributed by atoms with Crippen LogP contribution in [0.2, 0.25) is 0 Å². The fourth-order valence-electron chi connectivity index (χ4n) is 2.26. The van der Waals surface area contributed by atoms with E-state index < -0.39 is 23.1 Å². The van der Waals surface area contributed by atoms with Crippen LogP contribution >= 0.6 is 15.9 Å². The fraction of sp³-hybridized carbons (Fsp3) is 0.533. The van der Waals surface area contributed by atoms with Crippen molar-refractivity contribution in [3.63, 3.8) is 0 Å². The first-order valence-electron chi connectivity index (χ1n) is 6.90. The molecule has 0 heterocycles. The summed E-state index contributed by atoms with van der Waals surface area (Å²) in [4.78, 5) is 14.0. The first-order valence-corrected chi connectivity index (χ1v) is 7.69. The molecule has 0 aromatic heterocycles.